The summed E-state index contributed by atoms with van der Waals surface area (Å²) in [5.74, 6) is -0.261. The standard InChI is InChI=1S/C21H25N3O4/c1-2-28-18-11-9-17(10-12-18)22-19(25)14-15-21(27)24-23-20(26)13-8-16-6-4-3-5-7-16/h3-7,9-12H,2,8,13-15H2,1H3,(H,22,25)(H,23,26)(H,24,27). The van der Waals surface area contributed by atoms with Gasteiger partial charge in [-0.25, -0.2) is 0 Å². The first-order valence-corrected chi connectivity index (χ1v) is 9.21. The number of anilines is 1. The number of amides is 3. The Morgan fingerprint density at radius 3 is 2.04 bits per heavy atom. The molecular formula is C21H25N3O4. The number of nitrogens with one attached hydrogen (secondary N) is 3. The Morgan fingerprint density at radius 2 is 1.39 bits per heavy atom. The molecule has 0 spiro atoms. The van der Waals surface area contributed by atoms with E-state index in [1.165, 1.54) is 0 Å². The van der Waals surface area contributed by atoms with Crippen LogP contribution in [0.25, 0.3) is 0 Å². The average molecular weight is 383 g/mol. The molecule has 0 radical (unpaired) electrons. The Morgan fingerprint density at radius 1 is 0.786 bits per heavy atom. The summed E-state index contributed by atoms with van der Waals surface area (Å²) >= 11 is 0. The average Bonchev–Trinajstić information content (AvgIpc) is 2.71. The normalized spacial score (nSPS) is 10.0. The Bertz CT molecular complexity index is 776. The molecule has 0 aliphatic carbocycles. The van der Waals surface area contributed by atoms with E-state index in [9.17, 15) is 14.4 Å². The molecule has 0 unspecified atom stereocenters. The zero-order chi connectivity index (χ0) is 20.2. The van der Waals surface area contributed by atoms with Gasteiger partial charge < -0.3 is 10.1 Å². The SMILES string of the molecule is CCOc1ccc(NC(=O)CCC(=O)NNC(=O)CCc2ccccc2)cc1. The van der Waals surface area contributed by atoms with Gasteiger partial charge in [0.2, 0.25) is 17.7 Å². The topological polar surface area (TPSA) is 96.5 Å². The van der Waals surface area contributed by atoms with E-state index in [-0.39, 0.29) is 31.1 Å². The lowest BCUT2D eigenvalue weighted by molar-refractivity contribution is -0.129. The molecule has 2 aromatic carbocycles. The second-order valence-corrected chi connectivity index (χ2v) is 6.09. The number of carbonyl (C=O) groups is 3. The maximum absolute atomic E-state index is 11.9. The van der Waals surface area contributed by atoms with Gasteiger partial charge in [-0.05, 0) is 43.2 Å². The van der Waals surface area contributed by atoms with E-state index in [0.717, 1.165) is 11.3 Å². The minimum atomic E-state index is -0.421. The van der Waals surface area contributed by atoms with Crippen molar-refractivity contribution in [1.29, 1.82) is 0 Å². The number of benzene rings is 2. The van der Waals surface area contributed by atoms with Crippen molar-refractivity contribution < 1.29 is 19.1 Å². The van der Waals surface area contributed by atoms with Crippen LogP contribution in [-0.2, 0) is 20.8 Å². The Kier molecular flexibility index (Phi) is 8.52. The molecule has 0 aromatic heterocycles. The Hall–Kier alpha value is -3.35. The lowest BCUT2D eigenvalue weighted by atomic mass is 10.1. The molecular weight excluding hydrogens is 358 g/mol. The minimum absolute atomic E-state index is 0.0128. The van der Waals surface area contributed by atoms with Crippen molar-refractivity contribution in [2.24, 2.45) is 0 Å². The first kappa shape index (κ1) is 21.0. The fourth-order valence-electron chi connectivity index (χ4n) is 2.42. The molecule has 0 bridgehead atoms. The number of carbonyl (C=O) groups excluding carboxylic acids is 3. The second-order valence-electron chi connectivity index (χ2n) is 6.09. The van der Waals surface area contributed by atoms with Crippen LogP contribution in [0.5, 0.6) is 5.75 Å². The predicted molar refractivity (Wildman–Crippen MR) is 107 cm³/mol. The highest BCUT2D eigenvalue weighted by molar-refractivity contribution is 5.93. The van der Waals surface area contributed by atoms with Crippen LogP contribution >= 0.6 is 0 Å². The van der Waals surface area contributed by atoms with Gasteiger partial charge in [0.1, 0.15) is 5.75 Å². The molecule has 7 nitrogen and oxygen atoms in total. The highest BCUT2D eigenvalue weighted by Gasteiger charge is 2.09. The van der Waals surface area contributed by atoms with E-state index < -0.39 is 5.91 Å². The molecule has 0 heterocycles. The van der Waals surface area contributed by atoms with Gasteiger partial charge in [0, 0.05) is 24.9 Å². The summed E-state index contributed by atoms with van der Waals surface area (Å²) in [5.41, 5.74) is 6.36. The molecule has 2 aromatic rings. The van der Waals surface area contributed by atoms with Gasteiger partial charge >= 0.3 is 0 Å². The van der Waals surface area contributed by atoms with Crippen molar-refractivity contribution in [2.75, 3.05) is 11.9 Å². The van der Waals surface area contributed by atoms with Crippen molar-refractivity contribution >= 4 is 23.4 Å². The van der Waals surface area contributed by atoms with Gasteiger partial charge in [0.05, 0.1) is 6.61 Å². The van der Waals surface area contributed by atoms with Crippen LogP contribution < -0.4 is 20.9 Å². The van der Waals surface area contributed by atoms with E-state index in [0.29, 0.717) is 18.7 Å². The van der Waals surface area contributed by atoms with Gasteiger partial charge in [0.25, 0.3) is 0 Å². The van der Waals surface area contributed by atoms with E-state index in [2.05, 4.69) is 16.2 Å². The molecule has 0 saturated carbocycles. The number of hydrogen-bond donors (Lipinski definition) is 3. The number of aryl methyl sites for hydroxylation is 1. The van der Waals surface area contributed by atoms with Crippen molar-refractivity contribution in [3.05, 3.63) is 60.2 Å². The van der Waals surface area contributed by atoms with Crippen LogP contribution in [0.15, 0.2) is 54.6 Å². The van der Waals surface area contributed by atoms with Crippen LogP contribution in [0.4, 0.5) is 5.69 Å². The molecule has 7 heteroatoms. The van der Waals surface area contributed by atoms with Crippen LogP contribution in [0.1, 0.15) is 31.7 Å². The molecule has 0 saturated heterocycles. The summed E-state index contributed by atoms with van der Waals surface area (Å²) in [6.07, 6.45) is 0.844. The van der Waals surface area contributed by atoms with E-state index in [1.807, 2.05) is 37.3 Å². The molecule has 28 heavy (non-hydrogen) atoms. The highest BCUT2D eigenvalue weighted by Crippen LogP contribution is 2.15. The smallest absolute Gasteiger partial charge is 0.238 e. The number of hydrazine groups is 1. The monoisotopic (exact) mass is 383 g/mol. The molecule has 0 atom stereocenters. The molecule has 3 N–H and O–H groups in total. The number of rotatable bonds is 9. The van der Waals surface area contributed by atoms with Crippen molar-refractivity contribution in [2.45, 2.75) is 32.6 Å². The summed E-state index contributed by atoms with van der Waals surface area (Å²) in [6.45, 7) is 2.47. The molecule has 2 rings (SSSR count). The van der Waals surface area contributed by atoms with Crippen LogP contribution in [0.3, 0.4) is 0 Å². The summed E-state index contributed by atoms with van der Waals surface area (Å²) in [6, 6.07) is 16.6. The Labute approximate surface area is 164 Å². The fourth-order valence-corrected chi connectivity index (χ4v) is 2.42. The van der Waals surface area contributed by atoms with Gasteiger partial charge in [-0.2, -0.15) is 0 Å². The number of hydrogen-bond acceptors (Lipinski definition) is 4. The largest absolute Gasteiger partial charge is 0.494 e. The van der Waals surface area contributed by atoms with Crippen LogP contribution in [-0.4, -0.2) is 24.3 Å². The lowest BCUT2D eigenvalue weighted by Gasteiger charge is -2.09. The highest BCUT2D eigenvalue weighted by atomic mass is 16.5. The third kappa shape index (κ3) is 7.90. The maximum atomic E-state index is 11.9. The van der Waals surface area contributed by atoms with Crippen molar-refractivity contribution in [3.63, 3.8) is 0 Å². The Balaban J connectivity index is 1.61. The zero-order valence-electron chi connectivity index (χ0n) is 15.9. The van der Waals surface area contributed by atoms with Gasteiger partial charge in [-0.3, -0.25) is 25.2 Å². The van der Waals surface area contributed by atoms with Gasteiger partial charge in [-0.1, -0.05) is 30.3 Å². The first-order valence-electron chi connectivity index (χ1n) is 9.21. The molecule has 3 amide bonds. The molecule has 0 aliphatic heterocycles. The third-order valence-electron chi connectivity index (χ3n) is 3.85. The summed E-state index contributed by atoms with van der Waals surface area (Å²) < 4.78 is 5.33. The van der Waals surface area contributed by atoms with E-state index in [4.69, 9.17) is 4.74 Å². The fraction of sp³-hybridized carbons (Fsp3) is 0.286. The quantitative estimate of drug-likeness (QED) is 0.580. The van der Waals surface area contributed by atoms with Crippen molar-refractivity contribution in [3.8, 4) is 5.75 Å². The van der Waals surface area contributed by atoms with Crippen LogP contribution in [0, 0.1) is 0 Å². The zero-order valence-corrected chi connectivity index (χ0v) is 15.9. The van der Waals surface area contributed by atoms with Gasteiger partial charge in [0.15, 0.2) is 0 Å². The maximum Gasteiger partial charge on any atom is 0.238 e. The second kappa shape index (κ2) is 11.4. The molecule has 0 aliphatic rings. The van der Waals surface area contributed by atoms with E-state index in [1.54, 1.807) is 24.3 Å². The lowest BCUT2D eigenvalue weighted by Crippen LogP contribution is -2.41. The van der Waals surface area contributed by atoms with Crippen molar-refractivity contribution in [1.82, 2.24) is 10.9 Å². The molecule has 148 valence electrons. The predicted octanol–water partition coefficient (Wildman–Crippen LogP) is 2.58. The summed E-state index contributed by atoms with van der Waals surface area (Å²) in [4.78, 5) is 35.4. The van der Waals surface area contributed by atoms with Crippen LogP contribution in [0.2, 0.25) is 0 Å². The first-order chi connectivity index (χ1) is 13.6. The minimum Gasteiger partial charge on any atom is -0.494 e. The molecule has 0 fully saturated rings. The summed E-state index contributed by atoms with van der Waals surface area (Å²) in [5, 5.41) is 2.71. The number of ether oxygens (including phenoxy) is 1. The summed E-state index contributed by atoms with van der Waals surface area (Å²) in [7, 11) is 0. The van der Waals surface area contributed by atoms with E-state index >= 15 is 0 Å². The van der Waals surface area contributed by atoms with Gasteiger partial charge in [-0.15, -0.1) is 0 Å². The third-order valence-corrected chi connectivity index (χ3v) is 3.85.